The number of carbonyl (C=O) groups is 4. The van der Waals surface area contributed by atoms with E-state index in [1.807, 2.05) is 24.3 Å². The van der Waals surface area contributed by atoms with E-state index in [-0.39, 0.29) is 19.1 Å². The van der Waals surface area contributed by atoms with Crippen molar-refractivity contribution >= 4 is 23.9 Å². The fourth-order valence-electron chi connectivity index (χ4n) is 5.41. The minimum Gasteiger partial charge on any atom is -0.481 e. The fourth-order valence-corrected chi connectivity index (χ4v) is 5.41. The monoisotopic (exact) mass is 441 g/mol. The molecular formula is C24H27NO7. The normalized spacial score (nSPS) is 28.9. The van der Waals surface area contributed by atoms with Crippen molar-refractivity contribution < 1.29 is 33.8 Å². The number of imide groups is 1. The summed E-state index contributed by atoms with van der Waals surface area (Å²) in [5, 5.41) is 10.0. The molecule has 0 bridgehead atoms. The molecule has 1 heterocycles. The van der Waals surface area contributed by atoms with Crippen LogP contribution < -0.4 is 0 Å². The van der Waals surface area contributed by atoms with Gasteiger partial charge in [-0.1, -0.05) is 48.4 Å². The third-order valence-corrected chi connectivity index (χ3v) is 6.79. The van der Waals surface area contributed by atoms with Gasteiger partial charge in [0, 0.05) is 12.8 Å². The molecular weight excluding hydrogens is 414 g/mol. The molecule has 1 saturated heterocycles. The van der Waals surface area contributed by atoms with Crippen molar-refractivity contribution in [1.82, 2.24) is 4.90 Å². The van der Waals surface area contributed by atoms with Gasteiger partial charge in [-0.15, -0.1) is 0 Å². The molecule has 2 aliphatic carbocycles. The Morgan fingerprint density at radius 1 is 1.12 bits per heavy atom. The average molecular weight is 441 g/mol. The summed E-state index contributed by atoms with van der Waals surface area (Å²) in [6.45, 7) is 1.04. The maximum absolute atomic E-state index is 13.4. The number of amides is 2. The van der Waals surface area contributed by atoms with Gasteiger partial charge in [0.05, 0.1) is 17.9 Å². The van der Waals surface area contributed by atoms with Crippen LogP contribution in [-0.4, -0.2) is 46.6 Å². The van der Waals surface area contributed by atoms with Crippen LogP contribution in [0.1, 0.15) is 38.2 Å². The molecule has 3 aliphatic rings. The minimum absolute atomic E-state index is 0.0227. The zero-order chi connectivity index (χ0) is 22.8. The van der Waals surface area contributed by atoms with Crippen LogP contribution in [-0.2, 0) is 30.5 Å². The molecule has 0 aromatic heterocycles. The topological polar surface area (TPSA) is 110 Å². The van der Waals surface area contributed by atoms with Gasteiger partial charge in [-0.2, -0.15) is 0 Å². The number of hydrogen-bond donors (Lipinski definition) is 1. The summed E-state index contributed by atoms with van der Waals surface area (Å²) in [7, 11) is 0. The van der Waals surface area contributed by atoms with E-state index in [4.69, 9.17) is 9.47 Å². The molecule has 170 valence electrons. The lowest BCUT2D eigenvalue weighted by Gasteiger charge is -2.39. The number of ether oxygens (including phenoxy) is 2. The predicted octanol–water partition coefficient (Wildman–Crippen LogP) is 3.16. The molecule has 2 amide bonds. The number of carboxylic acids is 1. The molecule has 2 fully saturated rings. The Kier molecular flexibility index (Phi) is 6.30. The molecule has 1 saturated carbocycles. The first kappa shape index (κ1) is 22.0. The van der Waals surface area contributed by atoms with Crippen LogP contribution in [0.15, 0.2) is 42.0 Å². The lowest BCUT2D eigenvalue weighted by molar-refractivity contribution is -0.150. The van der Waals surface area contributed by atoms with Gasteiger partial charge in [-0.3, -0.25) is 14.4 Å². The molecule has 5 atom stereocenters. The van der Waals surface area contributed by atoms with Gasteiger partial charge in [0.2, 0.25) is 5.91 Å². The number of nitrogens with zero attached hydrogens (tertiary/aromatic N) is 1. The molecule has 0 radical (unpaired) electrons. The van der Waals surface area contributed by atoms with Crippen molar-refractivity contribution in [2.24, 2.45) is 23.7 Å². The lowest BCUT2D eigenvalue weighted by atomic mass is 9.63. The first-order valence-corrected chi connectivity index (χ1v) is 11.0. The van der Waals surface area contributed by atoms with Gasteiger partial charge >= 0.3 is 18.0 Å². The van der Waals surface area contributed by atoms with Crippen LogP contribution in [0.25, 0.3) is 0 Å². The van der Waals surface area contributed by atoms with Crippen LogP contribution in [0.2, 0.25) is 0 Å². The first-order valence-electron chi connectivity index (χ1n) is 11.0. The van der Waals surface area contributed by atoms with E-state index in [2.05, 4.69) is 0 Å². The highest BCUT2D eigenvalue weighted by molar-refractivity contribution is 5.98. The SMILES string of the molecule is CC(=O)OC[C@@H]1[C@@H]2C=C3CCCC[C@H]3[C@H](C(=O)O)[C@@H]2C(=O)N1C(=O)OCc1ccccc1. The van der Waals surface area contributed by atoms with Crippen LogP contribution >= 0.6 is 0 Å². The number of allylic oxidation sites excluding steroid dienone is 1. The van der Waals surface area contributed by atoms with E-state index in [0.29, 0.717) is 6.42 Å². The molecule has 0 unspecified atom stereocenters. The maximum Gasteiger partial charge on any atom is 0.417 e. The molecule has 4 rings (SSSR count). The smallest absolute Gasteiger partial charge is 0.417 e. The quantitative estimate of drug-likeness (QED) is 0.552. The largest absolute Gasteiger partial charge is 0.481 e. The van der Waals surface area contributed by atoms with Crippen molar-refractivity contribution in [3.63, 3.8) is 0 Å². The second-order valence-electron chi connectivity index (χ2n) is 8.68. The van der Waals surface area contributed by atoms with Crippen molar-refractivity contribution in [2.45, 2.75) is 45.3 Å². The summed E-state index contributed by atoms with van der Waals surface area (Å²) in [6, 6.07) is 8.27. The molecule has 1 aliphatic heterocycles. The number of fused-ring (bicyclic) bond motifs is 2. The summed E-state index contributed by atoms with van der Waals surface area (Å²) in [5.74, 6) is -4.66. The Morgan fingerprint density at radius 2 is 1.88 bits per heavy atom. The molecule has 32 heavy (non-hydrogen) atoms. The minimum atomic E-state index is -1.03. The van der Waals surface area contributed by atoms with Gasteiger partial charge in [0.15, 0.2) is 0 Å². The summed E-state index contributed by atoms with van der Waals surface area (Å²) in [5.41, 5.74) is 1.79. The highest BCUT2D eigenvalue weighted by Crippen LogP contribution is 2.50. The van der Waals surface area contributed by atoms with Gasteiger partial charge < -0.3 is 14.6 Å². The van der Waals surface area contributed by atoms with Crippen LogP contribution in [0, 0.1) is 23.7 Å². The van der Waals surface area contributed by atoms with Crippen LogP contribution in [0.3, 0.4) is 0 Å². The van der Waals surface area contributed by atoms with Crippen molar-refractivity contribution in [1.29, 1.82) is 0 Å². The third kappa shape index (κ3) is 4.13. The second-order valence-corrected chi connectivity index (χ2v) is 8.68. The summed E-state index contributed by atoms with van der Waals surface area (Å²) < 4.78 is 10.6. The number of hydrogen-bond acceptors (Lipinski definition) is 6. The lowest BCUT2D eigenvalue weighted by Crippen LogP contribution is -2.43. The van der Waals surface area contributed by atoms with Gasteiger partial charge in [0.1, 0.15) is 13.2 Å². The number of carbonyl (C=O) groups excluding carboxylic acids is 3. The summed E-state index contributed by atoms with van der Waals surface area (Å²) >= 11 is 0. The fraction of sp³-hybridized carbons (Fsp3) is 0.500. The Balaban J connectivity index is 1.64. The third-order valence-electron chi connectivity index (χ3n) is 6.79. The highest BCUT2D eigenvalue weighted by Gasteiger charge is 2.59. The molecule has 1 aromatic carbocycles. The van der Waals surface area contributed by atoms with E-state index >= 15 is 0 Å². The zero-order valence-corrected chi connectivity index (χ0v) is 17.9. The van der Waals surface area contributed by atoms with E-state index < -0.39 is 47.7 Å². The number of rotatable bonds is 5. The van der Waals surface area contributed by atoms with Crippen molar-refractivity contribution in [3.05, 3.63) is 47.5 Å². The molecule has 8 heteroatoms. The van der Waals surface area contributed by atoms with E-state index in [0.717, 1.165) is 35.3 Å². The van der Waals surface area contributed by atoms with E-state index in [1.54, 1.807) is 12.1 Å². The standard InChI is InChI=1S/C24H27NO7/c1-14(26)31-13-19-18-11-16-9-5-6-10-17(16)21(23(28)29)20(18)22(27)25(19)24(30)32-12-15-7-3-2-4-8-15/h2-4,7-8,11,17-21H,5-6,9-10,12-13H2,1H3,(H,28,29)/t17-,18+,19-,20-,21+/m1/s1. The van der Waals surface area contributed by atoms with Gasteiger partial charge in [-0.05, 0) is 30.7 Å². The number of carboxylic acid groups (broad SMARTS) is 1. The van der Waals surface area contributed by atoms with Crippen LogP contribution in [0.4, 0.5) is 4.79 Å². The predicted molar refractivity (Wildman–Crippen MR) is 112 cm³/mol. The average Bonchev–Trinajstić information content (AvgIpc) is 3.06. The highest BCUT2D eigenvalue weighted by atomic mass is 16.6. The van der Waals surface area contributed by atoms with Crippen molar-refractivity contribution in [3.8, 4) is 0 Å². The van der Waals surface area contributed by atoms with E-state index in [9.17, 15) is 24.3 Å². The number of aliphatic carboxylic acids is 1. The Bertz CT molecular complexity index is 941. The van der Waals surface area contributed by atoms with Gasteiger partial charge in [0.25, 0.3) is 0 Å². The summed E-state index contributed by atoms with van der Waals surface area (Å²) in [6.07, 6.45) is 4.49. The molecule has 1 N–H and O–H groups in total. The maximum atomic E-state index is 13.4. The molecule has 0 spiro atoms. The Hall–Kier alpha value is -3.16. The van der Waals surface area contributed by atoms with Gasteiger partial charge in [-0.25, -0.2) is 9.69 Å². The number of benzene rings is 1. The number of esters is 1. The first-order chi connectivity index (χ1) is 15.4. The zero-order valence-electron chi connectivity index (χ0n) is 17.9. The Morgan fingerprint density at radius 3 is 2.56 bits per heavy atom. The Labute approximate surface area is 186 Å². The van der Waals surface area contributed by atoms with E-state index in [1.165, 1.54) is 6.92 Å². The summed E-state index contributed by atoms with van der Waals surface area (Å²) in [4.78, 5) is 51.1. The molecule has 1 aromatic rings. The van der Waals surface area contributed by atoms with Crippen molar-refractivity contribution in [2.75, 3.05) is 6.61 Å². The molecule has 8 nitrogen and oxygen atoms in total. The van der Waals surface area contributed by atoms with Crippen LogP contribution in [0.5, 0.6) is 0 Å². The second kappa shape index (κ2) is 9.14. The number of likely N-dealkylation sites (tertiary alicyclic amines) is 1.